The van der Waals surface area contributed by atoms with E-state index in [1.807, 2.05) is 47.3 Å². The summed E-state index contributed by atoms with van der Waals surface area (Å²) < 4.78 is 1.90. The number of halogens is 1. The Morgan fingerprint density at radius 2 is 1.64 bits per heavy atom. The van der Waals surface area contributed by atoms with Gasteiger partial charge in [0.05, 0.1) is 6.08 Å². The molecule has 0 unspecified atom stereocenters. The molecule has 1 aromatic heterocycles. The van der Waals surface area contributed by atoms with Gasteiger partial charge in [0.15, 0.2) is 24.4 Å². The van der Waals surface area contributed by atoms with E-state index >= 15 is 0 Å². The third kappa shape index (κ3) is 3.95. The maximum Gasteiger partial charge on any atom is 0.191 e. The minimum Gasteiger partial charge on any atom is -1.00 e. The van der Waals surface area contributed by atoms with Crippen LogP contribution in [0.3, 0.4) is 0 Å². The normalized spacial score (nSPS) is 14.1. The highest BCUT2D eigenvalue weighted by atomic mass is 35.5. The zero-order valence-electron chi connectivity index (χ0n) is 12.4. The smallest absolute Gasteiger partial charge is 0.191 e. The molecule has 2 heterocycles. The summed E-state index contributed by atoms with van der Waals surface area (Å²) in [7, 11) is 0. The fraction of sp³-hybridized carbons (Fsp3) is 0.222. The van der Waals surface area contributed by atoms with Crippen LogP contribution in [-0.4, -0.2) is 18.9 Å². The van der Waals surface area contributed by atoms with Crippen LogP contribution in [0, 0.1) is 0 Å². The molecule has 2 aromatic rings. The van der Waals surface area contributed by atoms with Gasteiger partial charge in [0, 0.05) is 36.5 Å². The number of pyridine rings is 1. The van der Waals surface area contributed by atoms with E-state index in [4.69, 9.17) is 0 Å². The Labute approximate surface area is 137 Å². The van der Waals surface area contributed by atoms with Gasteiger partial charge in [-0.1, -0.05) is 30.3 Å². The van der Waals surface area contributed by atoms with Crippen molar-refractivity contribution in [3.8, 4) is 0 Å². The summed E-state index contributed by atoms with van der Waals surface area (Å²) in [5.74, 6) is 0.0201. The second kappa shape index (κ2) is 7.76. The summed E-state index contributed by atoms with van der Waals surface area (Å²) in [5, 5.41) is 0. The molecule has 3 nitrogen and oxygen atoms in total. The molecule has 1 saturated heterocycles. The largest absolute Gasteiger partial charge is 1.00 e. The second-order valence-corrected chi connectivity index (χ2v) is 5.24. The summed E-state index contributed by atoms with van der Waals surface area (Å²) in [6.45, 7) is 2.29. The van der Waals surface area contributed by atoms with Crippen LogP contribution in [0.25, 0.3) is 6.20 Å². The molecule has 0 saturated carbocycles. The van der Waals surface area contributed by atoms with Gasteiger partial charge in [-0.2, -0.15) is 4.57 Å². The first kappa shape index (κ1) is 16.2. The minimum absolute atomic E-state index is 0. The Morgan fingerprint density at radius 3 is 2.27 bits per heavy atom. The summed E-state index contributed by atoms with van der Waals surface area (Å²) in [4.78, 5) is 14.4. The van der Waals surface area contributed by atoms with Crippen molar-refractivity contribution in [3.63, 3.8) is 0 Å². The van der Waals surface area contributed by atoms with E-state index in [0.29, 0.717) is 5.56 Å². The molecule has 4 heteroatoms. The lowest BCUT2D eigenvalue weighted by molar-refractivity contribution is -0.568. The molecular formula is C18H19ClN2O. The Bertz CT molecular complexity index is 632. The number of benzene rings is 1. The average Bonchev–Trinajstić information content (AvgIpc) is 3.08. The topological polar surface area (TPSA) is 24.2 Å². The maximum atomic E-state index is 12.0. The third-order valence-corrected chi connectivity index (χ3v) is 3.76. The molecule has 1 fully saturated rings. The number of aromatic nitrogens is 1. The highest BCUT2D eigenvalue weighted by Gasteiger charge is 2.12. The zero-order chi connectivity index (χ0) is 14.5. The van der Waals surface area contributed by atoms with Crippen LogP contribution < -0.4 is 21.9 Å². The van der Waals surface area contributed by atoms with E-state index in [-0.39, 0.29) is 18.2 Å². The number of rotatable bonds is 4. The molecule has 0 N–H and O–H groups in total. The molecule has 0 aliphatic carbocycles. The number of hydrogen-bond donors (Lipinski definition) is 0. The van der Waals surface area contributed by atoms with Crippen LogP contribution in [0.1, 0.15) is 23.2 Å². The van der Waals surface area contributed by atoms with Gasteiger partial charge in [0.2, 0.25) is 0 Å². The number of anilines is 1. The van der Waals surface area contributed by atoms with Crippen molar-refractivity contribution in [2.24, 2.45) is 0 Å². The SMILES string of the molecule is O=C(C=C[n+]1ccc(N2CCCC2)cc1)c1ccccc1.[Cl-]. The quantitative estimate of drug-likeness (QED) is 0.448. The summed E-state index contributed by atoms with van der Waals surface area (Å²) in [6.07, 6.45) is 9.93. The van der Waals surface area contributed by atoms with Crippen LogP contribution >= 0.6 is 0 Å². The van der Waals surface area contributed by atoms with Gasteiger partial charge < -0.3 is 17.3 Å². The molecule has 0 atom stereocenters. The van der Waals surface area contributed by atoms with E-state index in [1.54, 1.807) is 12.3 Å². The summed E-state index contributed by atoms with van der Waals surface area (Å²) in [6, 6.07) is 13.5. The predicted molar refractivity (Wildman–Crippen MR) is 84.2 cm³/mol. The lowest BCUT2D eigenvalue weighted by Gasteiger charge is -2.15. The van der Waals surface area contributed by atoms with Gasteiger partial charge in [-0.3, -0.25) is 4.79 Å². The van der Waals surface area contributed by atoms with Crippen molar-refractivity contribution in [1.82, 2.24) is 0 Å². The minimum atomic E-state index is 0. The van der Waals surface area contributed by atoms with Crippen molar-refractivity contribution >= 4 is 17.7 Å². The van der Waals surface area contributed by atoms with E-state index < -0.39 is 0 Å². The fourth-order valence-electron chi connectivity index (χ4n) is 2.57. The fourth-order valence-corrected chi connectivity index (χ4v) is 2.57. The highest BCUT2D eigenvalue weighted by Crippen LogP contribution is 2.17. The first-order valence-corrected chi connectivity index (χ1v) is 7.36. The zero-order valence-corrected chi connectivity index (χ0v) is 13.1. The Hall–Kier alpha value is -2.13. The lowest BCUT2D eigenvalue weighted by atomic mass is 10.1. The van der Waals surface area contributed by atoms with Gasteiger partial charge in [0.1, 0.15) is 0 Å². The molecule has 114 valence electrons. The van der Waals surface area contributed by atoms with Crippen molar-refractivity contribution < 1.29 is 21.8 Å². The molecule has 0 radical (unpaired) electrons. The average molecular weight is 315 g/mol. The number of hydrogen-bond acceptors (Lipinski definition) is 2. The number of nitrogens with zero attached hydrogens (tertiary/aromatic N) is 2. The van der Waals surface area contributed by atoms with Crippen LogP contribution in [0.15, 0.2) is 60.9 Å². The van der Waals surface area contributed by atoms with Gasteiger partial charge in [-0.05, 0) is 12.8 Å². The molecular weight excluding hydrogens is 296 g/mol. The van der Waals surface area contributed by atoms with Crippen LogP contribution in [0.5, 0.6) is 0 Å². The van der Waals surface area contributed by atoms with Crippen LogP contribution in [0.4, 0.5) is 5.69 Å². The third-order valence-electron chi connectivity index (χ3n) is 3.76. The van der Waals surface area contributed by atoms with E-state index in [0.717, 1.165) is 13.1 Å². The van der Waals surface area contributed by atoms with Crippen molar-refractivity contribution in [3.05, 3.63) is 66.5 Å². The van der Waals surface area contributed by atoms with Gasteiger partial charge in [-0.15, -0.1) is 0 Å². The highest BCUT2D eigenvalue weighted by molar-refractivity contribution is 6.05. The number of carbonyl (C=O) groups is 1. The lowest BCUT2D eigenvalue weighted by Crippen LogP contribution is -3.00. The van der Waals surface area contributed by atoms with E-state index in [2.05, 4.69) is 17.0 Å². The number of carbonyl (C=O) groups excluding carboxylic acids is 1. The Morgan fingerprint density at radius 1 is 1.00 bits per heavy atom. The van der Waals surface area contributed by atoms with E-state index in [1.165, 1.54) is 18.5 Å². The molecule has 1 aromatic carbocycles. The van der Waals surface area contributed by atoms with Gasteiger partial charge >= 0.3 is 0 Å². The molecule has 1 aliphatic rings. The van der Waals surface area contributed by atoms with Gasteiger partial charge in [-0.25, -0.2) is 0 Å². The Kier molecular flexibility index (Phi) is 5.73. The molecule has 3 rings (SSSR count). The molecule has 1 aliphatic heterocycles. The second-order valence-electron chi connectivity index (χ2n) is 5.24. The Balaban J connectivity index is 0.00000176. The molecule has 0 bridgehead atoms. The summed E-state index contributed by atoms with van der Waals surface area (Å²) >= 11 is 0. The van der Waals surface area contributed by atoms with E-state index in [9.17, 15) is 4.79 Å². The van der Waals surface area contributed by atoms with Crippen molar-refractivity contribution in [1.29, 1.82) is 0 Å². The van der Waals surface area contributed by atoms with Crippen molar-refractivity contribution in [2.45, 2.75) is 12.8 Å². The van der Waals surface area contributed by atoms with Crippen LogP contribution in [-0.2, 0) is 0 Å². The summed E-state index contributed by atoms with van der Waals surface area (Å²) in [5.41, 5.74) is 1.97. The van der Waals surface area contributed by atoms with Gasteiger partial charge in [0.25, 0.3) is 0 Å². The first-order chi connectivity index (χ1) is 10.3. The number of allylic oxidation sites excluding steroid dienone is 1. The molecule has 0 spiro atoms. The van der Waals surface area contributed by atoms with Crippen molar-refractivity contribution in [2.75, 3.05) is 18.0 Å². The standard InChI is InChI=1S/C18H19N2O.ClH/c21-18(16-6-2-1-3-7-16)10-15-19-13-8-17(9-14-19)20-11-4-5-12-20;/h1-3,6-10,13-15H,4-5,11-12H2;1H/q+1;/p-1. The van der Waals surface area contributed by atoms with Crippen LogP contribution in [0.2, 0.25) is 0 Å². The molecule has 0 amide bonds. The monoisotopic (exact) mass is 314 g/mol. The number of ketones is 1. The predicted octanol–water partition coefficient (Wildman–Crippen LogP) is -0.0681. The maximum absolute atomic E-state index is 12.0. The first-order valence-electron chi connectivity index (χ1n) is 7.36. The molecule has 22 heavy (non-hydrogen) atoms.